The molecular formula is C37H41B2I. The van der Waals surface area contributed by atoms with E-state index in [9.17, 15) is 0 Å². The highest BCUT2D eigenvalue weighted by Crippen LogP contribution is 2.39. The van der Waals surface area contributed by atoms with Gasteiger partial charge in [-0.15, -0.1) is 0 Å². The Balaban J connectivity index is 0.00000128. The number of aryl methyl sites for hydroxylation is 1. The zero-order valence-corrected chi connectivity index (χ0v) is 27.2. The maximum Gasteiger partial charge on any atom is 0.0284 e. The lowest BCUT2D eigenvalue weighted by Gasteiger charge is -2.33. The Morgan fingerprint density at radius 1 is 0.425 bits per heavy atom. The van der Waals surface area contributed by atoms with E-state index >= 15 is 0 Å². The molecule has 4 aromatic rings. The summed E-state index contributed by atoms with van der Waals surface area (Å²) in [5.74, 6) is 0. The molecule has 0 saturated heterocycles. The predicted molar refractivity (Wildman–Crippen MR) is 188 cm³/mol. The Labute approximate surface area is 261 Å². The molecule has 0 bridgehead atoms. The van der Waals surface area contributed by atoms with Crippen molar-refractivity contribution in [3.8, 4) is 22.3 Å². The van der Waals surface area contributed by atoms with E-state index in [0.717, 1.165) is 0 Å². The highest BCUT2D eigenvalue weighted by molar-refractivity contribution is 14.1. The van der Waals surface area contributed by atoms with Crippen LogP contribution in [0.25, 0.3) is 22.3 Å². The van der Waals surface area contributed by atoms with Crippen LogP contribution in [-0.4, -0.2) is 16.8 Å². The van der Waals surface area contributed by atoms with Gasteiger partial charge in [0.25, 0.3) is 0 Å². The minimum Gasteiger partial charge on any atom is -0.0733 e. The van der Waals surface area contributed by atoms with Crippen molar-refractivity contribution in [2.24, 2.45) is 0 Å². The van der Waals surface area contributed by atoms with E-state index in [1.165, 1.54) is 42.5 Å². The van der Waals surface area contributed by atoms with Gasteiger partial charge in [-0.2, -0.15) is 0 Å². The summed E-state index contributed by atoms with van der Waals surface area (Å²) in [6.45, 7) is 14.7. The van der Waals surface area contributed by atoms with Crippen LogP contribution in [0.4, 0.5) is 0 Å². The maximum atomic E-state index is 2.36. The molecule has 40 heavy (non-hydrogen) atoms. The molecular weight excluding hydrogens is 593 g/mol. The summed E-state index contributed by atoms with van der Waals surface area (Å²) in [5.41, 5.74) is 8.74. The van der Waals surface area contributed by atoms with Crippen molar-refractivity contribution in [2.75, 3.05) is 0 Å². The van der Waals surface area contributed by atoms with Gasteiger partial charge < -0.3 is 0 Å². The molecule has 1 aliphatic rings. The molecule has 0 N–H and O–H groups in total. The average molecular weight is 634 g/mol. The number of hydrogen-bond donors (Lipinski definition) is 0. The van der Waals surface area contributed by atoms with Crippen molar-refractivity contribution in [3.63, 3.8) is 0 Å². The summed E-state index contributed by atoms with van der Waals surface area (Å²) < 4.78 is 1.26. The molecule has 3 heteroatoms. The van der Waals surface area contributed by atoms with Crippen molar-refractivity contribution in [1.82, 2.24) is 0 Å². The molecule has 0 aliphatic heterocycles. The van der Waals surface area contributed by atoms with E-state index < -0.39 is 0 Å². The summed E-state index contributed by atoms with van der Waals surface area (Å²) >= 11 is 2.35. The molecule has 0 saturated carbocycles. The molecule has 0 nitrogen and oxygen atoms in total. The first-order chi connectivity index (χ1) is 18.3. The van der Waals surface area contributed by atoms with Gasteiger partial charge >= 0.3 is 0 Å². The maximum absolute atomic E-state index is 2.36. The first-order valence-corrected chi connectivity index (χ1v) is 14.9. The number of allylic oxidation sites excluding steroid dienone is 4. The van der Waals surface area contributed by atoms with E-state index in [1.54, 1.807) is 0 Å². The third kappa shape index (κ3) is 8.13. The molecule has 6 radical (unpaired) electrons. The van der Waals surface area contributed by atoms with Crippen LogP contribution < -0.4 is 0 Å². The Morgan fingerprint density at radius 3 is 0.975 bits per heavy atom. The van der Waals surface area contributed by atoms with Crippen LogP contribution in [-0.2, 0) is 10.8 Å². The summed E-state index contributed by atoms with van der Waals surface area (Å²) in [7, 11) is 0. The lowest BCUT2D eigenvalue weighted by atomic mass is 9.70. The molecule has 0 atom stereocenters. The molecule has 202 valence electrons. The van der Waals surface area contributed by atoms with E-state index in [4.69, 9.17) is 0 Å². The van der Waals surface area contributed by atoms with Crippen LogP contribution >= 0.6 is 22.6 Å². The van der Waals surface area contributed by atoms with Gasteiger partial charge in [0, 0.05) is 31.2 Å². The second-order valence-electron chi connectivity index (χ2n) is 9.76. The van der Waals surface area contributed by atoms with Gasteiger partial charge in [-0.3, -0.25) is 0 Å². The van der Waals surface area contributed by atoms with Gasteiger partial charge in [0.2, 0.25) is 0 Å². The van der Waals surface area contributed by atoms with Crippen LogP contribution in [0.2, 0.25) is 0 Å². The number of halogens is 1. The predicted octanol–water partition coefficient (Wildman–Crippen LogP) is 10.6. The topological polar surface area (TPSA) is 0 Å². The summed E-state index contributed by atoms with van der Waals surface area (Å²) in [6.07, 6.45) is 9.45. The molecule has 0 spiro atoms. The van der Waals surface area contributed by atoms with Crippen molar-refractivity contribution in [3.05, 3.63) is 142 Å². The van der Waals surface area contributed by atoms with Crippen molar-refractivity contribution >= 4 is 39.4 Å². The van der Waals surface area contributed by atoms with Crippen molar-refractivity contribution in [2.45, 2.75) is 59.3 Å². The van der Waals surface area contributed by atoms with Crippen LogP contribution in [0.5, 0.6) is 0 Å². The van der Waals surface area contributed by atoms with Gasteiger partial charge in [0.15, 0.2) is 0 Å². The molecule has 0 aromatic heterocycles. The van der Waals surface area contributed by atoms with E-state index in [1.807, 2.05) is 27.7 Å². The average Bonchev–Trinajstić information content (AvgIpc) is 2.98. The zero-order valence-electron chi connectivity index (χ0n) is 25.1. The Bertz CT molecular complexity index is 1230. The number of rotatable bonds is 4. The van der Waals surface area contributed by atoms with E-state index in [2.05, 4.69) is 165 Å². The Hall–Kier alpha value is -2.78. The van der Waals surface area contributed by atoms with Crippen LogP contribution in [0, 0.1) is 10.5 Å². The standard InChI is InChI=1S/C33H29I.2C2H6.2B/c1-24-4-6-25(7-5-24)26-8-14-29(15-9-26)32(2)20-22-33(3,23-21-32)30-16-10-27(11-17-30)28-12-18-31(34)19-13-28;2*1-2;;/h4-23H,1-3H3;2*1-2H3;;. The fourth-order valence-electron chi connectivity index (χ4n) is 4.62. The normalized spacial score (nSPS) is 18.6. The van der Waals surface area contributed by atoms with E-state index in [0.29, 0.717) is 0 Å². The van der Waals surface area contributed by atoms with Crippen LogP contribution in [0.1, 0.15) is 58.2 Å². The van der Waals surface area contributed by atoms with Gasteiger partial charge in [-0.05, 0) is 88.9 Å². The molecule has 5 rings (SSSR count). The minimum absolute atomic E-state index is 0. The fraction of sp³-hybridized carbons (Fsp3) is 0.243. The highest BCUT2D eigenvalue weighted by atomic mass is 127. The fourth-order valence-corrected chi connectivity index (χ4v) is 4.98. The quantitative estimate of drug-likeness (QED) is 0.119. The van der Waals surface area contributed by atoms with Gasteiger partial charge in [0.1, 0.15) is 0 Å². The SMILES string of the molecule is CC.CC.Cc1ccc(-c2ccc(C3(C)C=CC(C)(c4ccc(-c5ccc(I)cc5)cc4)C=C3)cc2)cc1.[B].[B]. The monoisotopic (exact) mass is 634 g/mol. The van der Waals surface area contributed by atoms with Gasteiger partial charge in [0.05, 0.1) is 0 Å². The lowest BCUT2D eigenvalue weighted by molar-refractivity contribution is 0.664. The Kier molecular flexibility index (Phi) is 14.0. The summed E-state index contributed by atoms with van der Waals surface area (Å²) in [4.78, 5) is 0. The first-order valence-electron chi connectivity index (χ1n) is 13.8. The zero-order chi connectivity index (χ0) is 27.8. The highest BCUT2D eigenvalue weighted by Gasteiger charge is 2.30. The second-order valence-corrected chi connectivity index (χ2v) is 11.0. The largest absolute Gasteiger partial charge is 0.0733 e. The van der Waals surface area contributed by atoms with Crippen molar-refractivity contribution < 1.29 is 0 Å². The minimum atomic E-state index is -0.105. The molecule has 0 unspecified atom stereocenters. The molecule has 0 amide bonds. The van der Waals surface area contributed by atoms with Gasteiger partial charge in [-0.1, -0.05) is 142 Å². The molecule has 0 heterocycles. The number of hydrogen-bond acceptors (Lipinski definition) is 0. The molecule has 4 aromatic carbocycles. The smallest absolute Gasteiger partial charge is 0.0284 e. The molecule has 1 aliphatic carbocycles. The summed E-state index contributed by atoms with van der Waals surface area (Å²) in [5, 5.41) is 0. The second kappa shape index (κ2) is 15.9. The number of benzene rings is 4. The van der Waals surface area contributed by atoms with Crippen LogP contribution in [0.3, 0.4) is 0 Å². The summed E-state index contributed by atoms with van der Waals surface area (Å²) in [6, 6.07) is 35.4. The van der Waals surface area contributed by atoms with Crippen molar-refractivity contribution in [1.29, 1.82) is 0 Å². The van der Waals surface area contributed by atoms with E-state index in [-0.39, 0.29) is 27.7 Å². The lowest BCUT2D eigenvalue weighted by Crippen LogP contribution is -2.26. The third-order valence-electron chi connectivity index (χ3n) is 7.13. The third-order valence-corrected chi connectivity index (χ3v) is 7.85. The first kappa shape index (κ1) is 35.2. The Morgan fingerprint density at radius 2 is 0.675 bits per heavy atom. The molecule has 0 fully saturated rings. The van der Waals surface area contributed by atoms with Gasteiger partial charge in [-0.25, -0.2) is 0 Å². The van der Waals surface area contributed by atoms with Crippen LogP contribution in [0.15, 0.2) is 121 Å².